The van der Waals surface area contributed by atoms with Gasteiger partial charge in [0, 0.05) is 31.7 Å². The second-order valence-corrected chi connectivity index (χ2v) is 6.05. The molecule has 8 heteroatoms. The van der Waals surface area contributed by atoms with Crippen LogP contribution in [0.1, 0.15) is 6.42 Å². The van der Waals surface area contributed by atoms with Gasteiger partial charge in [0.15, 0.2) is 9.84 Å². The summed E-state index contributed by atoms with van der Waals surface area (Å²) in [5.74, 6) is 0.392. The molecule has 0 amide bonds. The van der Waals surface area contributed by atoms with Gasteiger partial charge in [-0.1, -0.05) is 5.21 Å². The molecule has 0 bridgehead atoms. The first-order chi connectivity index (χ1) is 9.07. The maximum Gasteiger partial charge on any atom is 0.179 e. The molecule has 2 aromatic rings. The molecule has 0 aliphatic rings. The van der Waals surface area contributed by atoms with E-state index in [0.29, 0.717) is 18.9 Å². The average Bonchev–Trinajstić information content (AvgIpc) is 2.87. The zero-order valence-electron chi connectivity index (χ0n) is 10.5. The Hall–Kier alpha value is -1.96. The van der Waals surface area contributed by atoms with E-state index >= 15 is 0 Å². The molecule has 0 saturated heterocycles. The van der Waals surface area contributed by atoms with E-state index in [4.69, 9.17) is 0 Å². The van der Waals surface area contributed by atoms with Crippen molar-refractivity contribution in [1.82, 2.24) is 20.0 Å². The maximum atomic E-state index is 11.6. The Labute approximate surface area is 111 Å². The minimum atomic E-state index is -3.27. The first-order valence-corrected chi connectivity index (χ1v) is 7.69. The summed E-state index contributed by atoms with van der Waals surface area (Å²) in [4.78, 5) is 4.27. The van der Waals surface area contributed by atoms with Crippen LogP contribution in [0.15, 0.2) is 35.6 Å². The summed E-state index contributed by atoms with van der Waals surface area (Å²) in [5, 5.41) is 10.6. The fraction of sp³-hybridized carbons (Fsp3) is 0.364. The molecule has 0 aliphatic heterocycles. The largest absolute Gasteiger partial charge is 0.369 e. The predicted molar refractivity (Wildman–Crippen MR) is 70.5 cm³/mol. The van der Waals surface area contributed by atoms with E-state index in [-0.39, 0.29) is 4.90 Å². The summed E-state index contributed by atoms with van der Waals surface area (Å²) in [6, 6.07) is 3.15. The van der Waals surface area contributed by atoms with Crippen LogP contribution in [0, 0.1) is 0 Å². The van der Waals surface area contributed by atoms with Gasteiger partial charge < -0.3 is 5.32 Å². The molecule has 1 N–H and O–H groups in total. The summed E-state index contributed by atoms with van der Waals surface area (Å²) in [5.41, 5.74) is 0. The number of pyridine rings is 1. The highest BCUT2D eigenvalue weighted by Gasteiger charge is 2.13. The minimum absolute atomic E-state index is 0.218. The van der Waals surface area contributed by atoms with E-state index < -0.39 is 9.84 Å². The Balaban J connectivity index is 1.93. The average molecular weight is 281 g/mol. The van der Waals surface area contributed by atoms with E-state index in [1.54, 1.807) is 35.4 Å². The Kier molecular flexibility index (Phi) is 4.10. The number of aryl methyl sites for hydroxylation is 1. The monoisotopic (exact) mass is 281 g/mol. The summed E-state index contributed by atoms with van der Waals surface area (Å²) in [6.07, 6.45) is 6.93. The van der Waals surface area contributed by atoms with Crippen LogP contribution in [0.4, 0.5) is 5.82 Å². The fourth-order valence-electron chi connectivity index (χ4n) is 1.62. The van der Waals surface area contributed by atoms with Crippen LogP contribution < -0.4 is 5.32 Å². The molecule has 102 valence electrons. The van der Waals surface area contributed by atoms with Crippen LogP contribution in [0.5, 0.6) is 0 Å². The van der Waals surface area contributed by atoms with E-state index in [0.717, 1.165) is 6.42 Å². The smallest absolute Gasteiger partial charge is 0.179 e. The molecule has 0 aliphatic carbocycles. The quantitative estimate of drug-likeness (QED) is 0.779. The van der Waals surface area contributed by atoms with Gasteiger partial charge in [0.05, 0.1) is 6.20 Å². The Morgan fingerprint density at radius 3 is 2.89 bits per heavy atom. The number of hydrogen-bond acceptors (Lipinski definition) is 6. The van der Waals surface area contributed by atoms with Crippen molar-refractivity contribution in [2.75, 3.05) is 18.1 Å². The summed E-state index contributed by atoms with van der Waals surface area (Å²) in [6.45, 7) is 1.33. The van der Waals surface area contributed by atoms with Crippen LogP contribution in [0.2, 0.25) is 0 Å². The zero-order valence-corrected chi connectivity index (χ0v) is 11.3. The topological polar surface area (TPSA) is 89.8 Å². The normalized spacial score (nSPS) is 11.4. The van der Waals surface area contributed by atoms with Crippen LogP contribution in [0.3, 0.4) is 0 Å². The molecule has 2 rings (SSSR count). The van der Waals surface area contributed by atoms with Crippen molar-refractivity contribution >= 4 is 15.7 Å². The maximum absolute atomic E-state index is 11.6. The lowest BCUT2D eigenvalue weighted by Gasteiger charge is -2.09. The number of nitrogens with zero attached hydrogens (tertiary/aromatic N) is 4. The number of aromatic nitrogens is 4. The lowest BCUT2D eigenvalue weighted by molar-refractivity contribution is 0.569. The fourth-order valence-corrected chi connectivity index (χ4v) is 2.42. The zero-order chi connectivity index (χ0) is 13.7. The molecular weight excluding hydrogens is 266 g/mol. The molecule has 0 saturated carbocycles. The lowest BCUT2D eigenvalue weighted by atomic mass is 10.4. The Morgan fingerprint density at radius 2 is 2.21 bits per heavy atom. The van der Waals surface area contributed by atoms with Crippen molar-refractivity contribution < 1.29 is 8.42 Å². The number of nitrogens with one attached hydrogen (secondary N) is 1. The van der Waals surface area contributed by atoms with Crippen molar-refractivity contribution in [3.63, 3.8) is 0 Å². The minimum Gasteiger partial charge on any atom is -0.369 e. The van der Waals surface area contributed by atoms with Crippen LogP contribution >= 0.6 is 0 Å². The van der Waals surface area contributed by atoms with Gasteiger partial charge in [-0.3, -0.25) is 4.68 Å². The molecule has 0 aromatic carbocycles. The number of hydrogen-bond donors (Lipinski definition) is 1. The van der Waals surface area contributed by atoms with Gasteiger partial charge in [-0.25, -0.2) is 13.4 Å². The van der Waals surface area contributed by atoms with Gasteiger partial charge in [0.25, 0.3) is 0 Å². The highest BCUT2D eigenvalue weighted by atomic mass is 32.2. The van der Waals surface area contributed by atoms with Gasteiger partial charge in [0.2, 0.25) is 0 Å². The number of anilines is 1. The third-order valence-electron chi connectivity index (χ3n) is 2.50. The first-order valence-electron chi connectivity index (χ1n) is 5.80. The highest BCUT2D eigenvalue weighted by molar-refractivity contribution is 7.90. The van der Waals surface area contributed by atoms with Gasteiger partial charge >= 0.3 is 0 Å². The van der Waals surface area contributed by atoms with Crippen molar-refractivity contribution in [2.24, 2.45) is 0 Å². The Bertz CT molecular complexity index is 624. The summed E-state index contributed by atoms with van der Waals surface area (Å²) >= 11 is 0. The number of rotatable bonds is 6. The molecule has 0 radical (unpaired) electrons. The van der Waals surface area contributed by atoms with Crippen molar-refractivity contribution in [3.8, 4) is 0 Å². The molecule has 19 heavy (non-hydrogen) atoms. The van der Waals surface area contributed by atoms with Crippen LogP contribution in [-0.2, 0) is 16.4 Å². The van der Waals surface area contributed by atoms with E-state index in [1.807, 2.05) is 0 Å². The predicted octanol–water partition coefficient (Wildman–Crippen LogP) is 0.579. The van der Waals surface area contributed by atoms with Gasteiger partial charge in [-0.05, 0) is 18.6 Å². The van der Waals surface area contributed by atoms with Crippen LogP contribution in [-0.4, -0.2) is 41.2 Å². The first kappa shape index (κ1) is 13.5. The van der Waals surface area contributed by atoms with Gasteiger partial charge in [-0.15, -0.1) is 5.10 Å². The van der Waals surface area contributed by atoms with Crippen LogP contribution in [0.25, 0.3) is 0 Å². The SMILES string of the molecule is CS(=O)(=O)c1cccnc1NCCCn1ccnn1. The second kappa shape index (κ2) is 5.79. The molecule has 0 unspecified atom stereocenters. The van der Waals surface area contributed by atoms with E-state index in [2.05, 4.69) is 20.6 Å². The van der Waals surface area contributed by atoms with E-state index in [9.17, 15) is 8.42 Å². The molecular formula is C11H15N5O2S. The van der Waals surface area contributed by atoms with Gasteiger partial charge in [0.1, 0.15) is 10.7 Å². The lowest BCUT2D eigenvalue weighted by Crippen LogP contribution is -2.11. The molecule has 0 fully saturated rings. The van der Waals surface area contributed by atoms with E-state index in [1.165, 1.54) is 6.26 Å². The Morgan fingerprint density at radius 1 is 1.37 bits per heavy atom. The molecule has 2 heterocycles. The van der Waals surface area contributed by atoms with Gasteiger partial charge in [-0.2, -0.15) is 0 Å². The van der Waals surface area contributed by atoms with Crippen molar-refractivity contribution in [2.45, 2.75) is 17.9 Å². The summed E-state index contributed by atoms with van der Waals surface area (Å²) in [7, 11) is -3.27. The number of sulfone groups is 1. The highest BCUT2D eigenvalue weighted by Crippen LogP contribution is 2.17. The molecule has 0 spiro atoms. The third kappa shape index (κ3) is 3.75. The standard InChI is InChI=1S/C11H15N5O2S/c1-19(17,18)10-4-2-5-12-11(10)13-6-3-8-16-9-7-14-15-16/h2,4-5,7,9H,3,6,8H2,1H3,(H,12,13). The van der Waals surface area contributed by atoms with Crippen molar-refractivity contribution in [3.05, 3.63) is 30.7 Å². The molecule has 7 nitrogen and oxygen atoms in total. The summed E-state index contributed by atoms with van der Waals surface area (Å²) < 4.78 is 24.9. The molecule has 2 aromatic heterocycles. The van der Waals surface area contributed by atoms with Crippen molar-refractivity contribution in [1.29, 1.82) is 0 Å². The third-order valence-corrected chi connectivity index (χ3v) is 3.63. The molecule has 0 atom stereocenters. The second-order valence-electron chi connectivity index (χ2n) is 4.07.